The van der Waals surface area contributed by atoms with Crippen LogP contribution in [0, 0.1) is 5.92 Å². The van der Waals surface area contributed by atoms with Crippen molar-refractivity contribution in [2.45, 2.75) is 13.3 Å². The molecule has 118 valence electrons. The third kappa shape index (κ3) is 2.98. The summed E-state index contributed by atoms with van der Waals surface area (Å²) in [5.41, 5.74) is 2.05. The number of carbonyl (C=O) groups excluding carboxylic acids is 2. The summed E-state index contributed by atoms with van der Waals surface area (Å²) in [5.74, 6) is -0.299. The Morgan fingerprint density at radius 3 is 2.91 bits per heavy atom. The van der Waals surface area contributed by atoms with Gasteiger partial charge in [-0.05, 0) is 18.2 Å². The molecule has 0 bridgehead atoms. The summed E-state index contributed by atoms with van der Waals surface area (Å²) in [5, 5.41) is 0. The van der Waals surface area contributed by atoms with E-state index in [1.165, 1.54) is 7.11 Å². The Hall–Kier alpha value is -2.96. The molecule has 0 fully saturated rings. The molecule has 2 heterocycles. The van der Waals surface area contributed by atoms with Gasteiger partial charge in [-0.3, -0.25) is 14.2 Å². The van der Waals surface area contributed by atoms with Crippen LogP contribution in [0.5, 0.6) is 0 Å². The molecule has 0 saturated heterocycles. The van der Waals surface area contributed by atoms with Crippen molar-refractivity contribution >= 4 is 22.8 Å². The molecule has 0 aliphatic carbocycles. The van der Waals surface area contributed by atoms with Crippen LogP contribution in [0.3, 0.4) is 0 Å². The highest BCUT2D eigenvalue weighted by atomic mass is 16.5. The topological polar surface area (TPSA) is 89.9 Å². The lowest BCUT2D eigenvalue weighted by Crippen LogP contribution is -2.16. The highest BCUT2D eigenvalue weighted by molar-refractivity contribution is 6.01. The van der Waals surface area contributed by atoms with Gasteiger partial charge < -0.3 is 9.72 Å². The van der Waals surface area contributed by atoms with E-state index in [2.05, 4.69) is 19.7 Å². The average molecular weight is 312 g/mol. The highest BCUT2D eigenvalue weighted by Gasteiger charge is 2.19. The molecule has 0 saturated carbocycles. The van der Waals surface area contributed by atoms with Crippen molar-refractivity contribution in [3.63, 3.8) is 0 Å². The minimum atomic E-state index is -0.434. The number of H-pyrrole nitrogens is 1. The van der Waals surface area contributed by atoms with Crippen molar-refractivity contribution in [3.8, 4) is 5.95 Å². The zero-order chi connectivity index (χ0) is 16.4. The van der Waals surface area contributed by atoms with Crippen molar-refractivity contribution in [1.82, 2.24) is 19.5 Å². The number of rotatable bonds is 5. The molecule has 0 amide bonds. The number of nitrogens with zero attached hydrogens (tertiary/aromatic N) is 3. The number of hydrogen-bond donors (Lipinski definition) is 1. The maximum absolute atomic E-state index is 12.4. The summed E-state index contributed by atoms with van der Waals surface area (Å²) in [4.78, 5) is 35.3. The number of aromatic amines is 1. The van der Waals surface area contributed by atoms with E-state index in [9.17, 15) is 9.59 Å². The number of esters is 1. The molecule has 1 aromatic carbocycles. The first-order chi connectivity index (χ1) is 11.1. The molecule has 1 N–H and O–H groups in total. The molecular formula is C16H16N4O3. The van der Waals surface area contributed by atoms with Crippen molar-refractivity contribution in [1.29, 1.82) is 0 Å². The third-order valence-corrected chi connectivity index (χ3v) is 3.65. The molecule has 2 aromatic heterocycles. The van der Waals surface area contributed by atoms with E-state index in [0.717, 1.165) is 11.0 Å². The predicted molar refractivity (Wildman–Crippen MR) is 83.3 cm³/mol. The molecule has 23 heavy (non-hydrogen) atoms. The number of ketones is 1. The fourth-order valence-electron chi connectivity index (χ4n) is 2.37. The normalized spacial score (nSPS) is 12.3. The van der Waals surface area contributed by atoms with E-state index < -0.39 is 11.9 Å². The van der Waals surface area contributed by atoms with Gasteiger partial charge in [0.05, 0.1) is 24.6 Å². The second-order valence-electron chi connectivity index (χ2n) is 5.31. The van der Waals surface area contributed by atoms with Gasteiger partial charge in [0.2, 0.25) is 5.95 Å². The SMILES string of the molecule is COC(=O)CC(C)C(=O)c1ccc2nc(-n3ccnc3)[nH]c2c1. The Morgan fingerprint density at radius 1 is 1.39 bits per heavy atom. The second kappa shape index (κ2) is 6.04. The van der Waals surface area contributed by atoms with Gasteiger partial charge in [0.15, 0.2) is 5.78 Å². The number of imidazole rings is 2. The van der Waals surface area contributed by atoms with Crippen molar-refractivity contribution in [2.75, 3.05) is 7.11 Å². The maximum atomic E-state index is 12.4. The highest BCUT2D eigenvalue weighted by Crippen LogP contribution is 2.19. The fourth-order valence-corrected chi connectivity index (χ4v) is 2.37. The number of nitrogens with one attached hydrogen (secondary N) is 1. The Kier molecular flexibility index (Phi) is 3.92. The van der Waals surface area contributed by atoms with Crippen LogP contribution >= 0.6 is 0 Å². The first kappa shape index (κ1) is 15.0. The molecule has 1 unspecified atom stereocenters. The van der Waals surface area contributed by atoms with Crippen LogP contribution in [0.2, 0.25) is 0 Å². The fraction of sp³-hybridized carbons (Fsp3) is 0.250. The predicted octanol–water partition coefficient (Wildman–Crippen LogP) is 2.13. The lowest BCUT2D eigenvalue weighted by atomic mass is 9.96. The van der Waals surface area contributed by atoms with Crippen LogP contribution in [0.4, 0.5) is 0 Å². The molecular weight excluding hydrogens is 296 g/mol. The molecule has 3 rings (SSSR count). The van der Waals surface area contributed by atoms with Crippen molar-refractivity contribution < 1.29 is 14.3 Å². The van der Waals surface area contributed by atoms with Gasteiger partial charge in [-0.1, -0.05) is 6.92 Å². The van der Waals surface area contributed by atoms with Crippen LogP contribution in [0.15, 0.2) is 36.9 Å². The number of benzene rings is 1. The summed E-state index contributed by atoms with van der Waals surface area (Å²) >= 11 is 0. The van der Waals surface area contributed by atoms with Crippen LogP contribution in [0.1, 0.15) is 23.7 Å². The molecule has 3 aromatic rings. The van der Waals surface area contributed by atoms with Gasteiger partial charge in [-0.2, -0.15) is 0 Å². The van der Waals surface area contributed by atoms with Gasteiger partial charge in [0, 0.05) is 23.9 Å². The second-order valence-corrected chi connectivity index (χ2v) is 5.31. The number of aromatic nitrogens is 4. The number of Topliss-reactive ketones (excluding diaryl/α,β-unsaturated/α-hetero) is 1. The van der Waals surface area contributed by atoms with Gasteiger partial charge in [0.25, 0.3) is 0 Å². The van der Waals surface area contributed by atoms with Gasteiger partial charge >= 0.3 is 5.97 Å². The number of methoxy groups -OCH3 is 1. The van der Waals surface area contributed by atoms with Crippen LogP contribution in [-0.2, 0) is 9.53 Å². The van der Waals surface area contributed by atoms with Crippen molar-refractivity contribution in [3.05, 3.63) is 42.5 Å². The van der Waals surface area contributed by atoms with E-state index in [0.29, 0.717) is 11.5 Å². The molecule has 7 heteroatoms. The molecule has 0 aliphatic rings. The zero-order valence-corrected chi connectivity index (χ0v) is 12.8. The largest absolute Gasteiger partial charge is 0.469 e. The third-order valence-electron chi connectivity index (χ3n) is 3.65. The lowest BCUT2D eigenvalue weighted by Gasteiger charge is -2.08. The molecule has 0 aliphatic heterocycles. The summed E-state index contributed by atoms with van der Waals surface area (Å²) in [7, 11) is 1.31. The Bertz CT molecular complexity index is 851. The minimum Gasteiger partial charge on any atom is -0.469 e. The number of fused-ring (bicyclic) bond motifs is 1. The van der Waals surface area contributed by atoms with E-state index in [1.54, 1.807) is 48.4 Å². The minimum absolute atomic E-state index is 0.0661. The number of hydrogen-bond acceptors (Lipinski definition) is 5. The zero-order valence-electron chi connectivity index (χ0n) is 12.8. The monoisotopic (exact) mass is 312 g/mol. The molecule has 0 radical (unpaired) electrons. The smallest absolute Gasteiger partial charge is 0.306 e. The summed E-state index contributed by atoms with van der Waals surface area (Å²) in [6, 6.07) is 5.25. The lowest BCUT2D eigenvalue weighted by molar-refractivity contribution is -0.141. The van der Waals surface area contributed by atoms with Crippen LogP contribution in [-0.4, -0.2) is 38.4 Å². The first-order valence-electron chi connectivity index (χ1n) is 7.17. The maximum Gasteiger partial charge on any atom is 0.306 e. The van der Waals surface area contributed by atoms with E-state index in [4.69, 9.17) is 0 Å². The Balaban J connectivity index is 1.88. The van der Waals surface area contributed by atoms with Gasteiger partial charge in [0.1, 0.15) is 6.33 Å². The van der Waals surface area contributed by atoms with Crippen molar-refractivity contribution in [2.24, 2.45) is 5.92 Å². The van der Waals surface area contributed by atoms with Crippen LogP contribution in [0.25, 0.3) is 17.0 Å². The Labute approximate surface area is 132 Å². The summed E-state index contributed by atoms with van der Waals surface area (Å²) in [6.45, 7) is 1.72. The summed E-state index contributed by atoms with van der Waals surface area (Å²) < 4.78 is 6.36. The molecule has 0 spiro atoms. The van der Waals surface area contributed by atoms with E-state index in [-0.39, 0.29) is 12.2 Å². The number of ether oxygens (including phenoxy) is 1. The number of carbonyl (C=O) groups is 2. The average Bonchev–Trinajstić information content (AvgIpc) is 3.21. The summed E-state index contributed by atoms with van der Waals surface area (Å²) in [6.07, 6.45) is 5.15. The van der Waals surface area contributed by atoms with Gasteiger partial charge in [-0.15, -0.1) is 0 Å². The quantitative estimate of drug-likeness (QED) is 0.576. The Morgan fingerprint density at radius 2 is 2.22 bits per heavy atom. The standard InChI is InChI=1S/C16H16N4O3/c1-10(7-14(21)23-2)15(22)11-3-4-12-13(8-11)19-16(18-12)20-6-5-17-9-20/h3-6,8-10H,7H2,1-2H3,(H,18,19). The van der Waals surface area contributed by atoms with Crippen LogP contribution < -0.4 is 0 Å². The van der Waals surface area contributed by atoms with Gasteiger partial charge in [-0.25, -0.2) is 9.97 Å². The first-order valence-corrected chi connectivity index (χ1v) is 7.17. The molecule has 1 atom stereocenters. The van der Waals surface area contributed by atoms with E-state index in [1.807, 2.05) is 0 Å². The molecule has 7 nitrogen and oxygen atoms in total. The van der Waals surface area contributed by atoms with E-state index >= 15 is 0 Å².